The fourth-order valence-corrected chi connectivity index (χ4v) is 6.06. The van der Waals surface area contributed by atoms with Gasteiger partial charge in [0.1, 0.15) is 29.0 Å². The number of nitrogens with one attached hydrogen (secondary N) is 1. The van der Waals surface area contributed by atoms with Gasteiger partial charge in [0, 0.05) is 25.4 Å². The third-order valence-corrected chi connectivity index (χ3v) is 8.13. The van der Waals surface area contributed by atoms with E-state index < -0.39 is 29.3 Å². The van der Waals surface area contributed by atoms with E-state index in [1.165, 1.54) is 0 Å². The van der Waals surface area contributed by atoms with Gasteiger partial charge in [-0.3, -0.25) is 19.3 Å². The van der Waals surface area contributed by atoms with E-state index in [1.54, 1.807) is 9.80 Å². The van der Waals surface area contributed by atoms with Crippen LogP contribution in [-0.4, -0.2) is 69.8 Å². The highest BCUT2D eigenvalue weighted by molar-refractivity contribution is 5.96. The first-order chi connectivity index (χ1) is 17.0. The molecule has 0 aromatic heterocycles. The van der Waals surface area contributed by atoms with Crippen molar-refractivity contribution >= 4 is 23.7 Å². The molecule has 0 aromatic rings. The lowest BCUT2D eigenvalue weighted by molar-refractivity contribution is -0.146. The molecule has 2 saturated carbocycles. The van der Waals surface area contributed by atoms with Crippen LogP contribution in [0.5, 0.6) is 0 Å². The van der Waals surface area contributed by atoms with Crippen LogP contribution in [0.25, 0.3) is 0 Å². The summed E-state index contributed by atoms with van der Waals surface area (Å²) in [7, 11) is 0. The van der Waals surface area contributed by atoms with E-state index in [4.69, 9.17) is 4.74 Å². The monoisotopic (exact) mass is 500 g/mol. The number of amides is 3. The molecule has 0 radical (unpaired) electrons. The van der Waals surface area contributed by atoms with Crippen molar-refractivity contribution in [1.29, 1.82) is 5.26 Å². The van der Waals surface area contributed by atoms with Gasteiger partial charge in [-0.1, -0.05) is 12.8 Å². The average Bonchev–Trinajstić information content (AvgIpc) is 3.48. The number of hydrogen-bond acceptors (Lipinski definition) is 6. The van der Waals surface area contributed by atoms with E-state index in [0.29, 0.717) is 51.1 Å². The first-order valence-electron chi connectivity index (χ1n) is 13.6. The molecule has 1 spiro atoms. The Morgan fingerprint density at radius 2 is 1.86 bits per heavy atom. The van der Waals surface area contributed by atoms with Crippen molar-refractivity contribution in [2.45, 2.75) is 115 Å². The number of piperidine rings is 1. The van der Waals surface area contributed by atoms with Crippen molar-refractivity contribution in [2.75, 3.05) is 13.1 Å². The molecule has 4 atom stereocenters. The molecule has 2 aliphatic carbocycles. The second-order valence-electron chi connectivity index (χ2n) is 12.0. The fourth-order valence-electron chi connectivity index (χ4n) is 6.06. The topological polar surface area (TPSA) is 120 Å². The van der Waals surface area contributed by atoms with Gasteiger partial charge in [-0.25, -0.2) is 4.79 Å². The number of Topliss-reactive ketones (excluding diaryl/α,β-unsaturated/α-hetero) is 1. The lowest BCUT2D eigenvalue weighted by Crippen LogP contribution is -2.61. The number of ketones is 1. The van der Waals surface area contributed by atoms with Crippen LogP contribution in [0, 0.1) is 23.2 Å². The maximum absolute atomic E-state index is 14.0. The third kappa shape index (κ3) is 5.68. The first kappa shape index (κ1) is 26.4. The van der Waals surface area contributed by atoms with E-state index in [2.05, 4.69) is 11.4 Å². The lowest BCUT2D eigenvalue weighted by Gasteiger charge is -2.43. The molecule has 3 amide bonds. The molecule has 9 nitrogen and oxygen atoms in total. The number of carbonyl (C=O) groups is 4. The molecule has 0 bridgehead atoms. The number of rotatable bonds is 7. The van der Waals surface area contributed by atoms with Gasteiger partial charge in [0.2, 0.25) is 11.8 Å². The fraction of sp³-hybridized carbons (Fsp3) is 0.815. The second kappa shape index (κ2) is 10.4. The Morgan fingerprint density at radius 3 is 2.47 bits per heavy atom. The largest absolute Gasteiger partial charge is 0.444 e. The minimum absolute atomic E-state index is 0.162. The Kier molecular flexibility index (Phi) is 7.63. The number of nitriles is 1. The van der Waals surface area contributed by atoms with Crippen LogP contribution in [0.3, 0.4) is 0 Å². The minimum Gasteiger partial charge on any atom is -0.444 e. The standard InChI is InChI=1S/C27H40N4O5/c1-26(2,3)36-25(35)31-13-5-4-11-27(31)12-14-30(24(27)34)21(15-18-9-10-18)23(33)29-20(17-28)16-19-7-6-8-22(19)32/h18-21H,4-16H2,1-3H3,(H,29,33)/t19-,20-,21?,27?/m0/s1. The van der Waals surface area contributed by atoms with Crippen LogP contribution in [0.4, 0.5) is 4.79 Å². The van der Waals surface area contributed by atoms with Crippen molar-refractivity contribution in [2.24, 2.45) is 11.8 Å². The van der Waals surface area contributed by atoms with Crippen molar-refractivity contribution in [3.05, 3.63) is 0 Å². The van der Waals surface area contributed by atoms with Gasteiger partial charge in [0.05, 0.1) is 6.07 Å². The summed E-state index contributed by atoms with van der Waals surface area (Å²) in [5.74, 6) is -0.152. The van der Waals surface area contributed by atoms with Crippen LogP contribution in [0.2, 0.25) is 0 Å². The van der Waals surface area contributed by atoms with Gasteiger partial charge in [-0.05, 0) is 78.1 Å². The molecular weight excluding hydrogens is 460 g/mol. The van der Waals surface area contributed by atoms with Crippen molar-refractivity contribution in [3.63, 3.8) is 0 Å². The summed E-state index contributed by atoms with van der Waals surface area (Å²) in [4.78, 5) is 55.9. The molecule has 4 rings (SSSR count). The Morgan fingerprint density at radius 1 is 1.11 bits per heavy atom. The van der Waals surface area contributed by atoms with E-state index in [1.807, 2.05) is 20.8 Å². The summed E-state index contributed by atoms with van der Waals surface area (Å²) >= 11 is 0. The molecule has 4 aliphatic rings. The quantitative estimate of drug-likeness (QED) is 0.573. The van der Waals surface area contributed by atoms with E-state index in [0.717, 1.165) is 38.5 Å². The number of ether oxygens (including phenoxy) is 1. The maximum Gasteiger partial charge on any atom is 0.411 e. The Bertz CT molecular complexity index is 933. The molecule has 2 unspecified atom stereocenters. The molecule has 0 aromatic carbocycles. The average molecular weight is 501 g/mol. The van der Waals surface area contributed by atoms with Gasteiger partial charge in [-0.15, -0.1) is 0 Å². The lowest BCUT2D eigenvalue weighted by atomic mass is 9.85. The number of carbonyl (C=O) groups excluding carboxylic acids is 4. The van der Waals surface area contributed by atoms with Crippen molar-refractivity contribution in [1.82, 2.24) is 15.1 Å². The predicted octanol–water partition coefficient (Wildman–Crippen LogP) is 3.31. The molecule has 2 aliphatic heterocycles. The number of hydrogen-bond donors (Lipinski definition) is 1. The van der Waals surface area contributed by atoms with Crippen molar-refractivity contribution in [3.8, 4) is 6.07 Å². The second-order valence-corrected chi connectivity index (χ2v) is 12.0. The number of nitrogens with zero attached hydrogens (tertiary/aromatic N) is 3. The first-order valence-corrected chi connectivity index (χ1v) is 13.6. The van der Waals surface area contributed by atoms with Gasteiger partial charge in [0.15, 0.2) is 0 Å². The molecular formula is C27H40N4O5. The van der Waals surface area contributed by atoms with E-state index in [9.17, 15) is 24.4 Å². The number of likely N-dealkylation sites (tertiary alicyclic amines) is 2. The summed E-state index contributed by atoms with van der Waals surface area (Å²) < 4.78 is 5.64. The van der Waals surface area contributed by atoms with Crippen LogP contribution >= 0.6 is 0 Å². The highest BCUT2D eigenvalue weighted by Crippen LogP contribution is 2.42. The Labute approximate surface area is 213 Å². The van der Waals surface area contributed by atoms with Gasteiger partial charge < -0.3 is 15.0 Å². The van der Waals surface area contributed by atoms with E-state index in [-0.39, 0.29) is 23.5 Å². The molecule has 9 heteroatoms. The van der Waals surface area contributed by atoms with Crippen LogP contribution in [0.15, 0.2) is 0 Å². The Hall–Kier alpha value is -2.63. The van der Waals surface area contributed by atoms with Gasteiger partial charge in [0.25, 0.3) is 0 Å². The summed E-state index contributed by atoms with van der Waals surface area (Å²) in [5.41, 5.74) is -1.65. The highest BCUT2D eigenvalue weighted by Gasteiger charge is 2.56. The predicted molar refractivity (Wildman–Crippen MR) is 131 cm³/mol. The third-order valence-electron chi connectivity index (χ3n) is 8.13. The SMILES string of the molecule is CC(C)(C)OC(=O)N1CCCCC12CCN(C(CC1CC1)C(=O)N[C@H](C#N)C[C@@H]1CCCC1=O)C2=O. The zero-order valence-electron chi connectivity index (χ0n) is 21.9. The Balaban J connectivity index is 1.50. The smallest absolute Gasteiger partial charge is 0.411 e. The van der Waals surface area contributed by atoms with Crippen LogP contribution in [-0.2, 0) is 19.1 Å². The van der Waals surface area contributed by atoms with Crippen molar-refractivity contribution < 1.29 is 23.9 Å². The summed E-state index contributed by atoms with van der Waals surface area (Å²) in [6.07, 6.45) is 7.26. The zero-order valence-corrected chi connectivity index (χ0v) is 21.9. The van der Waals surface area contributed by atoms with Crippen LogP contribution in [0.1, 0.15) is 91.4 Å². The minimum atomic E-state index is -0.979. The maximum atomic E-state index is 14.0. The molecule has 4 fully saturated rings. The zero-order chi connectivity index (χ0) is 26.1. The molecule has 1 N–H and O–H groups in total. The normalized spacial score (nSPS) is 28.2. The van der Waals surface area contributed by atoms with Gasteiger partial charge in [-0.2, -0.15) is 5.26 Å². The summed E-state index contributed by atoms with van der Waals surface area (Å²) in [6.45, 7) is 6.28. The molecule has 36 heavy (non-hydrogen) atoms. The summed E-state index contributed by atoms with van der Waals surface area (Å²) in [6, 6.07) is 0.712. The van der Waals surface area contributed by atoms with E-state index >= 15 is 0 Å². The van der Waals surface area contributed by atoms with Gasteiger partial charge >= 0.3 is 6.09 Å². The summed E-state index contributed by atoms with van der Waals surface area (Å²) in [5, 5.41) is 12.5. The van der Waals surface area contributed by atoms with Crippen LogP contribution < -0.4 is 5.32 Å². The molecule has 198 valence electrons. The molecule has 2 saturated heterocycles. The highest BCUT2D eigenvalue weighted by atomic mass is 16.6. The molecule has 2 heterocycles.